The Hall–Kier alpha value is -2.48. The third kappa shape index (κ3) is 5.32. The third-order valence-electron chi connectivity index (χ3n) is 4.39. The molecule has 0 aliphatic rings. The summed E-state index contributed by atoms with van der Waals surface area (Å²) in [5.41, 5.74) is 4.89. The summed E-state index contributed by atoms with van der Waals surface area (Å²) >= 11 is 7.84. The van der Waals surface area contributed by atoms with E-state index >= 15 is 0 Å². The molecule has 0 fully saturated rings. The molecule has 0 bridgehead atoms. The van der Waals surface area contributed by atoms with Crippen LogP contribution in [0.3, 0.4) is 0 Å². The van der Waals surface area contributed by atoms with Crippen molar-refractivity contribution in [2.24, 2.45) is 0 Å². The molecule has 0 amide bonds. The molecule has 0 spiro atoms. The summed E-state index contributed by atoms with van der Waals surface area (Å²) in [5, 5.41) is 17.1. The Kier molecular flexibility index (Phi) is 6.84. The molecule has 0 radical (unpaired) electrons. The lowest BCUT2D eigenvalue weighted by molar-refractivity contribution is 0.324. The van der Waals surface area contributed by atoms with Crippen LogP contribution in [0.2, 0.25) is 5.02 Å². The third-order valence-corrected chi connectivity index (χ3v) is 5.62. The molecular weight excluding hydrogens is 406 g/mol. The molecule has 0 aliphatic heterocycles. The first-order valence-corrected chi connectivity index (χ1v) is 10.4. The number of rotatable bonds is 7. The number of likely N-dealkylation sites (N-methyl/N-ethyl adjacent to an activating group) is 1. The van der Waals surface area contributed by atoms with Gasteiger partial charge in [0.1, 0.15) is 17.1 Å². The smallest absolute Gasteiger partial charge is 0.130 e. The van der Waals surface area contributed by atoms with Gasteiger partial charge in [-0.1, -0.05) is 11.6 Å². The number of halogens is 1. The fraction of sp³-hybridized carbons (Fsp3) is 0.286. The van der Waals surface area contributed by atoms with Crippen LogP contribution in [-0.4, -0.2) is 47.5 Å². The number of aryl methyl sites for hydroxylation is 1. The maximum Gasteiger partial charge on any atom is 0.130 e. The Bertz CT molecular complexity index is 1070. The van der Waals surface area contributed by atoms with Crippen LogP contribution < -0.4 is 10.2 Å². The van der Waals surface area contributed by atoms with Crippen LogP contribution in [0.1, 0.15) is 10.6 Å². The van der Waals surface area contributed by atoms with Crippen molar-refractivity contribution in [2.45, 2.75) is 13.3 Å². The van der Waals surface area contributed by atoms with E-state index in [0.717, 1.165) is 23.2 Å². The van der Waals surface area contributed by atoms with Gasteiger partial charge in [0, 0.05) is 33.6 Å². The molecule has 3 aromatic rings. The number of nitrogens with zero attached hydrogens (tertiary/aromatic N) is 3. The normalized spacial score (nSPS) is 11.1. The average Bonchev–Trinajstić information content (AvgIpc) is 3.07. The summed E-state index contributed by atoms with van der Waals surface area (Å²) in [7, 11) is 3.80. The van der Waals surface area contributed by atoms with Gasteiger partial charge < -0.3 is 9.64 Å². The molecule has 2 aromatic heterocycles. The SMILES string of the molecule is Cc1ncsc1CCOc1cc(Cl)ccc1-c1ccc(=N)n(C(=N)CN(C)C)c1. The standard InChI is InChI=1S/C21H24ClN5OS/c1-14-19(29-13-25-14)8-9-28-18-10-16(22)5-6-17(18)15-4-7-20(23)27(11-15)21(24)12-26(2)3/h4-7,10-11,13,23-24H,8-9,12H2,1-3H3. The van der Waals surface area contributed by atoms with Crippen LogP contribution in [0.15, 0.2) is 42.0 Å². The van der Waals surface area contributed by atoms with Gasteiger partial charge in [-0.25, -0.2) is 4.98 Å². The molecule has 0 unspecified atom stereocenters. The minimum Gasteiger partial charge on any atom is -0.493 e. The number of hydrogen-bond donors (Lipinski definition) is 2. The van der Waals surface area contributed by atoms with Crippen molar-refractivity contribution in [3.05, 3.63) is 63.1 Å². The maximum atomic E-state index is 8.30. The Labute approximate surface area is 179 Å². The van der Waals surface area contributed by atoms with E-state index in [9.17, 15) is 0 Å². The summed E-state index contributed by atoms with van der Waals surface area (Å²) in [6.07, 6.45) is 2.58. The summed E-state index contributed by atoms with van der Waals surface area (Å²) in [6.45, 7) is 2.96. The van der Waals surface area contributed by atoms with E-state index in [1.807, 2.05) is 49.6 Å². The van der Waals surface area contributed by atoms with Crippen molar-refractivity contribution >= 4 is 28.8 Å². The second-order valence-corrected chi connectivity index (χ2v) is 8.33. The van der Waals surface area contributed by atoms with Crippen LogP contribution in [0, 0.1) is 17.7 Å². The van der Waals surface area contributed by atoms with Crippen LogP contribution >= 0.6 is 22.9 Å². The predicted molar refractivity (Wildman–Crippen MR) is 118 cm³/mol. The van der Waals surface area contributed by atoms with E-state index in [2.05, 4.69) is 4.98 Å². The van der Waals surface area contributed by atoms with E-state index in [-0.39, 0.29) is 5.49 Å². The van der Waals surface area contributed by atoms with Gasteiger partial charge in [0.2, 0.25) is 0 Å². The highest BCUT2D eigenvalue weighted by Crippen LogP contribution is 2.32. The molecule has 2 heterocycles. The number of ether oxygens (including phenoxy) is 1. The quantitative estimate of drug-likeness (QED) is 0.439. The Morgan fingerprint density at radius 3 is 2.76 bits per heavy atom. The van der Waals surface area contributed by atoms with Gasteiger partial charge in [0.25, 0.3) is 0 Å². The zero-order chi connectivity index (χ0) is 21.0. The van der Waals surface area contributed by atoms with Gasteiger partial charge >= 0.3 is 0 Å². The molecule has 152 valence electrons. The van der Waals surface area contributed by atoms with Crippen molar-refractivity contribution < 1.29 is 4.74 Å². The second-order valence-electron chi connectivity index (χ2n) is 6.96. The highest BCUT2D eigenvalue weighted by Gasteiger charge is 2.11. The Balaban J connectivity index is 1.87. The van der Waals surface area contributed by atoms with Crippen molar-refractivity contribution in [3.8, 4) is 16.9 Å². The molecule has 3 rings (SSSR count). The maximum absolute atomic E-state index is 8.30. The van der Waals surface area contributed by atoms with Crippen LogP contribution in [-0.2, 0) is 6.42 Å². The zero-order valence-electron chi connectivity index (χ0n) is 16.7. The van der Waals surface area contributed by atoms with Gasteiger partial charge in [-0.2, -0.15) is 0 Å². The molecule has 0 saturated carbocycles. The minimum atomic E-state index is 0.262. The minimum absolute atomic E-state index is 0.262. The number of nitrogens with one attached hydrogen (secondary N) is 2. The largest absolute Gasteiger partial charge is 0.493 e. The average molecular weight is 430 g/mol. The van der Waals surface area contributed by atoms with Gasteiger partial charge in [0.05, 0.1) is 24.4 Å². The molecule has 0 aliphatic carbocycles. The Morgan fingerprint density at radius 2 is 2.07 bits per heavy atom. The summed E-state index contributed by atoms with van der Waals surface area (Å²) in [5.74, 6) is 1.02. The zero-order valence-corrected chi connectivity index (χ0v) is 18.3. The highest BCUT2D eigenvalue weighted by atomic mass is 35.5. The first kappa shape index (κ1) is 21.2. The van der Waals surface area contributed by atoms with Crippen molar-refractivity contribution in [1.82, 2.24) is 14.5 Å². The molecule has 8 heteroatoms. The molecule has 0 saturated heterocycles. The molecule has 6 nitrogen and oxygen atoms in total. The predicted octanol–water partition coefficient (Wildman–Crippen LogP) is 4.06. The lowest BCUT2D eigenvalue weighted by Gasteiger charge is -2.16. The number of benzene rings is 1. The van der Waals surface area contributed by atoms with Gasteiger partial charge in [-0.15, -0.1) is 11.3 Å². The first-order chi connectivity index (χ1) is 13.8. The number of aromatic nitrogens is 2. The van der Waals surface area contributed by atoms with Crippen LogP contribution in [0.4, 0.5) is 0 Å². The summed E-state index contributed by atoms with van der Waals surface area (Å²) < 4.78 is 7.65. The molecule has 2 N–H and O–H groups in total. The number of thiazole rings is 1. The molecule has 29 heavy (non-hydrogen) atoms. The van der Waals surface area contributed by atoms with Crippen LogP contribution in [0.5, 0.6) is 5.75 Å². The van der Waals surface area contributed by atoms with Crippen LogP contribution in [0.25, 0.3) is 11.1 Å². The highest BCUT2D eigenvalue weighted by molar-refractivity contribution is 7.09. The number of pyridine rings is 1. The fourth-order valence-corrected chi connectivity index (χ4v) is 3.86. The Morgan fingerprint density at radius 1 is 1.28 bits per heavy atom. The second kappa shape index (κ2) is 9.35. The van der Waals surface area contributed by atoms with Gasteiger partial charge in [-0.3, -0.25) is 15.4 Å². The van der Waals surface area contributed by atoms with Crippen molar-refractivity contribution in [2.75, 3.05) is 27.2 Å². The van der Waals surface area contributed by atoms with E-state index in [1.165, 1.54) is 4.88 Å². The number of hydrogen-bond acceptors (Lipinski definition) is 6. The first-order valence-electron chi connectivity index (χ1n) is 9.16. The summed E-state index contributed by atoms with van der Waals surface area (Å²) in [4.78, 5) is 7.39. The van der Waals surface area contributed by atoms with E-state index < -0.39 is 0 Å². The van der Waals surface area contributed by atoms with Crippen molar-refractivity contribution in [3.63, 3.8) is 0 Å². The fourth-order valence-electron chi connectivity index (χ4n) is 2.93. The molecule has 0 atom stereocenters. The van der Waals surface area contributed by atoms with Crippen molar-refractivity contribution in [1.29, 1.82) is 10.8 Å². The molecular formula is C21H24ClN5OS. The topological polar surface area (TPSA) is 78.0 Å². The lowest BCUT2D eigenvalue weighted by Crippen LogP contribution is -2.33. The van der Waals surface area contributed by atoms with E-state index in [4.69, 9.17) is 27.2 Å². The monoisotopic (exact) mass is 429 g/mol. The van der Waals surface area contributed by atoms with E-state index in [1.54, 1.807) is 34.2 Å². The lowest BCUT2D eigenvalue weighted by atomic mass is 10.1. The summed E-state index contributed by atoms with van der Waals surface area (Å²) in [6, 6.07) is 9.10. The molecule has 1 aromatic carbocycles. The van der Waals surface area contributed by atoms with Gasteiger partial charge in [-0.05, 0) is 51.4 Å². The van der Waals surface area contributed by atoms with Gasteiger partial charge in [0.15, 0.2) is 0 Å². The van der Waals surface area contributed by atoms with E-state index in [0.29, 0.717) is 29.8 Å².